The molecule has 0 atom stereocenters. The zero-order chi connectivity index (χ0) is 13.9. The molecule has 3 rings (SSSR count). The lowest BCUT2D eigenvalue weighted by molar-refractivity contribution is 1.14. The van der Waals surface area contributed by atoms with E-state index in [1.165, 1.54) is 6.33 Å². The number of hydrogen-bond donors (Lipinski definition) is 3. The van der Waals surface area contributed by atoms with Crippen LogP contribution in [-0.4, -0.2) is 15.0 Å². The third kappa shape index (κ3) is 2.54. The molecule has 3 aromatic rings. The second-order valence-corrected chi connectivity index (χ2v) is 5.00. The van der Waals surface area contributed by atoms with Crippen molar-refractivity contribution in [3.8, 4) is 0 Å². The summed E-state index contributed by atoms with van der Waals surface area (Å²) in [7, 11) is 0. The number of hydrogen-bond acceptors (Lipinski definition) is 6. The number of pyridine rings is 1. The number of hydrazine groups is 1. The summed E-state index contributed by atoms with van der Waals surface area (Å²) >= 11 is 3.42. The lowest BCUT2D eigenvalue weighted by Gasteiger charge is -2.09. The Bertz CT molecular complexity index is 761. The maximum atomic E-state index is 5.33. The predicted octanol–water partition coefficient (Wildman–Crippen LogP) is 2.82. The molecule has 6 nitrogen and oxygen atoms in total. The van der Waals surface area contributed by atoms with Crippen molar-refractivity contribution in [3.05, 3.63) is 47.3 Å². The first kappa shape index (κ1) is 12.8. The van der Waals surface area contributed by atoms with Gasteiger partial charge in [-0.2, -0.15) is 0 Å². The topological polar surface area (TPSA) is 88.8 Å². The van der Waals surface area contributed by atoms with Gasteiger partial charge in [0.1, 0.15) is 18.0 Å². The molecule has 0 fully saturated rings. The van der Waals surface area contributed by atoms with E-state index in [0.717, 1.165) is 21.1 Å². The quantitative estimate of drug-likeness (QED) is 0.505. The molecule has 0 aliphatic carbocycles. The Morgan fingerprint density at radius 3 is 2.75 bits per heavy atom. The van der Waals surface area contributed by atoms with E-state index in [1.807, 2.05) is 24.3 Å². The summed E-state index contributed by atoms with van der Waals surface area (Å²) < 4.78 is 0.943. The van der Waals surface area contributed by atoms with Crippen molar-refractivity contribution in [2.45, 2.75) is 0 Å². The zero-order valence-electron chi connectivity index (χ0n) is 10.3. The third-order valence-electron chi connectivity index (χ3n) is 2.76. The number of nitrogen functional groups attached to an aromatic ring is 1. The van der Waals surface area contributed by atoms with Crippen LogP contribution in [0.1, 0.15) is 0 Å². The van der Waals surface area contributed by atoms with Gasteiger partial charge in [-0.1, -0.05) is 12.1 Å². The van der Waals surface area contributed by atoms with Crippen LogP contribution in [0.15, 0.2) is 47.3 Å². The van der Waals surface area contributed by atoms with Crippen molar-refractivity contribution < 1.29 is 0 Å². The zero-order valence-corrected chi connectivity index (χ0v) is 11.9. The Morgan fingerprint density at radius 2 is 1.90 bits per heavy atom. The molecule has 0 unspecified atom stereocenters. The lowest BCUT2D eigenvalue weighted by atomic mass is 10.2. The molecule has 0 aliphatic rings. The van der Waals surface area contributed by atoms with Gasteiger partial charge in [0.15, 0.2) is 0 Å². The number of nitrogens with zero attached hydrogens (tertiary/aromatic N) is 3. The van der Waals surface area contributed by atoms with Crippen molar-refractivity contribution in [1.29, 1.82) is 0 Å². The van der Waals surface area contributed by atoms with Gasteiger partial charge in [-0.25, -0.2) is 15.8 Å². The SMILES string of the molecule is NNc1cc(Nc2cccc3cc(Br)cnc23)ncn1. The molecule has 2 aromatic heterocycles. The molecule has 0 radical (unpaired) electrons. The van der Waals surface area contributed by atoms with Crippen LogP contribution in [0.5, 0.6) is 0 Å². The minimum atomic E-state index is 0.540. The highest BCUT2D eigenvalue weighted by atomic mass is 79.9. The summed E-state index contributed by atoms with van der Waals surface area (Å²) in [6.07, 6.45) is 3.20. The Morgan fingerprint density at radius 1 is 1.05 bits per heavy atom. The fourth-order valence-corrected chi connectivity index (χ4v) is 2.23. The average Bonchev–Trinajstić information content (AvgIpc) is 2.47. The smallest absolute Gasteiger partial charge is 0.145 e. The highest BCUT2D eigenvalue weighted by molar-refractivity contribution is 9.10. The Balaban J connectivity index is 2.02. The van der Waals surface area contributed by atoms with E-state index in [1.54, 1.807) is 12.3 Å². The molecule has 7 heteroatoms. The number of rotatable bonds is 3. The Kier molecular flexibility index (Phi) is 3.44. The Labute approximate surface area is 123 Å². The number of halogens is 1. The first-order valence-electron chi connectivity index (χ1n) is 5.86. The summed E-state index contributed by atoms with van der Waals surface area (Å²) in [5.74, 6) is 6.52. The summed E-state index contributed by atoms with van der Waals surface area (Å²) in [6.45, 7) is 0. The van der Waals surface area contributed by atoms with Gasteiger partial charge >= 0.3 is 0 Å². The maximum Gasteiger partial charge on any atom is 0.145 e. The molecule has 0 saturated carbocycles. The molecule has 2 heterocycles. The van der Waals surface area contributed by atoms with Gasteiger partial charge in [0.05, 0.1) is 11.2 Å². The summed E-state index contributed by atoms with van der Waals surface area (Å²) in [5, 5.41) is 4.25. The molecule has 0 aliphatic heterocycles. The van der Waals surface area contributed by atoms with Crippen LogP contribution >= 0.6 is 15.9 Å². The number of nitrogens with one attached hydrogen (secondary N) is 2. The second kappa shape index (κ2) is 5.40. The first-order chi connectivity index (χ1) is 9.76. The first-order valence-corrected chi connectivity index (χ1v) is 6.65. The minimum absolute atomic E-state index is 0.540. The van der Waals surface area contributed by atoms with Crippen molar-refractivity contribution in [2.75, 3.05) is 10.7 Å². The van der Waals surface area contributed by atoms with Crippen molar-refractivity contribution in [3.63, 3.8) is 0 Å². The van der Waals surface area contributed by atoms with E-state index in [4.69, 9.17) is 5.84 Å². The summed E-state index contributed by atoms with van der Waals surface area (Å²) in [4.78, 5) is 12.5. The van der Waals surface area contributed by atoms with Gasteiger partial charge in [-0.05, 0) is 28.1 Å². The molecule has 0 saturated heterocycles. The number of aromatic nitrogens is 3. The van der Waals surface area contributed by atoms with E-state index in [-0.39, 0.29) is 0 Å². The van der Waals surface area contributed by atoms with Gasteiger partial charge in [-0.3, -0.25) is 4.98 Å². The minimum Gasteiger partial charge on any atom is -0.338 e. The van der Waals surface area contributed by atoms with Gasteiger partial charge in [0.25, 0.3) is 0 Å². The van der Waals surface area contributed by atoms with Crippen LogP contribution in [0.3, 0.4) is 0 Å². The summed E-state index contributed by atoms with van der Waals surface area (Å²) in [5.41, 5.74) is 4.23. The molecule has 0 bridgehead atoms. The normalized spacial score (nSPS) is 10.5. The monoisotopic (exact) mass is 330 g/mol. The van der Waals surface area contributed by atoms with Crippen LogP contribution in [0.2, 0.25) is 0 Å². The lowest BCUT2D eigenvalue weighted by Crippen LogP contribution is -2.09. The van der Waals surface area contributed by atoms with Crippen molar-refractivity contribution in [1.82, 2.24) is 15.0 Å². The third-order valence-corrected chi connectivity index (χ3v) is 3.19. The fourth-order valence-electron chi connectivity index (χ4n) is 1.88. The number of anilines is 3. The van der Waals surface area contributed by atoms with Crippen LogP contribution in [0.25, 0.3) is 10.9 Å². The maximum absolute atomic E-state index is 5.33. The molecule has 1 aromatic carbocycles. The van der Waals surface area contributed by atoms with Crippen molar-refractivity contribution in [2.24, 2.45) is 5.84 Å². The van der Waals surface area contributed by atoms with Crippen LogP contribution < -0.4 is 16.6 Å². The fraction of sp³-hybridized carbons (Fsp3) is 0. The van der Waals surface area contributed by atoms with E-state index in [0.29, 0.717) is 11.6 Å². The predicted molar refractivity (Wildman–Crippen MR) is 82.6 cm³/mol. The van der Waals surface area contributed by atoms with Gasteiger partial charge in [-0.15, -0.1) is 0 Å². The molecular weight excluding hydrogens is 320 g/mol. The number of nitrogens with two attached hydrogens (primary N) is 1. The van der Waals surface area contributed by atoms with E-state index in [2.05, 4.69) is 41.6 Å². The van der Waals surface area contributed by atoms with Crippen molar-refractivity contribution >= 4 is 44.2 Å². The second-order valence-electron chi connectivity index (χ2n) is 4.09. The number of para-hydroxylation sites is 1. The molecule has 0 spiro atoms. The standard InChI is InChI=1S/C13H11BrN6/c14-9-4-8-2-1-3-10(13(8)16-6-9)19-11-5-12(20-15)18-7-17-11/h1-7H,15H2,(H2,17,18,19,20). The molecular formula is C13H11BrN6. The molecule has 0 amide bonds. The molecule has 100 valence electrons. The largest absolute Gasteiger partial charge is 0.338 e. The number of fused-ring (bicyclic) bond motifs is 1. The van der Waals surface area contributed by atoms with Crippen LogP contribution in [0.4, 0.5) is 17.3 Å². The van der Waals surface area contributed by atoms with E-state index in [9.17, 15) is 0 Å². The molecule has 20 heavy (non-hydrogen) atoms. The van der Waals surface area contributed by atoms with Crippen LogP contribution in [0, 0.1) is 0 Å². The van der Waals surface area contributed by atoms with E-state index < -0.39 is 0 Å². The van der Waals surface area contributed by atoms with Gasteiger partial charge < -0.3 is 10.7 Å². The summed E-state index contributed by atoms with van der Waals surface area (Å²) in [6, 6.07) is 9.64. The van der Waals surface area contributed by atoms with E-state index >= 15 is 0 Å². The van der Waals surface area contributed by atoms with Crippen LogP contribution in [-0.2, 0) is 0 Å². The van der Waals surface area contributed by atoms with Gasteiger partial charge in [0, 0.05) is 22.1 Å². The highest BCUT2D eigenvalue weighted by Crippen LogP contribution is 2.26. The molecule has 4 N–H and O–H groups in total. The Hall–Kier alpha value is -2.25. The van der Waals surface area contributed by atoms with Gasteiger partial charge in [0.2, 0.25) is 0 Å². The highest BCUT2D eigenvalue weighted by Gasteiger charge is 2.04. The average molecular weight is 331 g/mol. The number of benzene rings is 1.